The van der Waals surface area contributed by atoms with E-state index in [4.69, 9.17) is 4.74 Å². The van der Waals surface area contributed by atoms with E-state index in [1.165, 1.54) is 12.7 Å². The molecule has 0 bridgehead atoms. The van der Waals surface area contributed by atoms with Gasteiger partial charge in [-0.2, -0.15) is 4.31 Å². The summed E-state index contributed by atoms with van der Waals surface area (Å²) >= 11 is 3.35. The van der Waals surface area contributed by atoms with Crippen LogP contribution in [-0.2, 0) is 16.4 Å². The van der Waals surface area contributed by atoms with Crippen molar-refractivity contribution in [3.05, 3.63) is 58.6 Å². The monoisotopic (exact) mass is 438 g/mol. The molecule has 1 aliphatic rings. The van der Waals surface area contributed by atoms with Gasteiger partial charge >= 0.3 is 0 Å². The van der Waals surface area contributed by atoms with E-state index in [-0.39, 0.29) is 4.90 Å². The molecule has 0 aromatic heterocycles. The van der Waals surface area contributed by atoms with E-state index in [1.54, 1.807) is 22.5 Å². The Morgan fingerprint density at radius 2 is 1.73 bits per heavy atom. The van der Waals surface area contributed by atoms with E-state index in [0.29, 0.717) is 18.8 Å². The minimum absolute atomic E-state index is 0.215. The van der Waals surface area contributed by atoms with Crippen LogP contribution >= 0.6 is 15.9 Å². The van der Waals surface area contributed by atoms with Crippen LogP contribution in [0.2, 0.25) is 0 Å². The van der Waals surface area contributed by atoms with Crippen molar-refractivity contribution in [1.29, 1.82) is 0 Å². The third-order valence-corrected chi connectivity index (χ3v) is 7.05. The van der Waals surface area contributed by atoms with Gasteiger partial charge in [-0.05, 0) is 30.2 Å². The maximum Gasteiger partial charge on any atom is 0.246 e. The second-order valence-corrected chi connectivity index (χ2v) is 9.10. The molecule has 5 nitrogen and oxygen atoms in total. The minimum Gasteiger partial charge on any atom is -0.495 e. The first kappa shape index (κ1) is 19.4. The van der Waals surface area contributed by atoms with E-state index in [1.807, 2.05) is 18.2 Å². The van der Waals surface area contributed by atoms with Gasteiger partial charge < -0.3 is 9.64 Å². The van der Waals surface area contributed by atoms with Gasteiger partial charge in [0.15, 0.2) is 0 Å². The number of benzene rings is 2. The lowest BCUT2D eigenvalue weighted by Gasteiger charge is -2.34. The van der Waals surface area contributed by atoms with E-state index in [9.17, 15) is 8.42 Å². The molecular weight excluding hydrogens is 416 g/mol. The van der Waals surface area contributed by atoms with E-state index in [2.05, 4.69) is 33.0 Å². The fourth-order valence-corrected chi connectivity index (χ4v) is 5.23. The zero-order valence-corrected chi connectivity index (χ0v) is 17.2. The van der Waals surface area contributed by atoms with Gasteiger partial charge in [0.1, 0.15) is 10.6 Å². The summed E-state index contributed by atoms with van der Waals surface area (Å²) in [4.78, 5) is 2.53. The van der Waals surface area contributed by atoms with Crippen molar-refractivity contribution in [2.45, 2.75) is 11.3 Å². The Hall–Kier alpha value is -1.41. The number of nitrogens with zero attached hydrogens (tertiary/aromatic N) is 2. The average Bonchev–Trinajstić information content (AvgIpc) is 2.67. The van der Waals surface area contributed by atoms with Crippen LogP contribution in [0.4, 0.5) is 0 Å². The standard InChI is InChI=1S/C19H23BrN2O3S/c1-25-18-8-7-17(20)15-19(18)26(23,24)22-13-11-21(12-14-22)10-9-16-5-3-2-4-6-16/h2-8,15H,9-14H2,1H3. The van der Waals surface area contributed by atoms with Crippen LogP contribution in [0.1, 0.15) is 5.56 Å². The SMILES string of the molecule is COc1ccc(Br)cc1S(=O)(=O)N1CCN(CCc2ccccc2)CC1. The van der Waals surface area contributed by atoms with Gasteiger partial charge in [-0.3, -0.25) is 0 Å². The highest BCUT2D eigenvalue weighted by molar-refractivity contribution is 9.10. The van der Waals surface area contributed by atoms with E-state index in [0.717, 1.165) is 30.5 Å². The molecule has 0 N–H and O–H groups in total. The Morgan fingerprint density at radius 3 is 2.38 bits per heavy atom. The topological polar surface area (TPSA) is 49.9 Å². The molecule has 0 spiro atoms. The average molecular weight is 439 g/mol. The van der Waals surface area contributed by atoms with Gasteiger partial charge in [-0.1, -0.05) is 46.3 Å². The molecule has 7 heteroatoms. The molecule has 0 amide bonds. The summed E-state index contributed by atoms with van der Waals surface area (Å²) in [6, 6.07) is 15.4. The normalized spacial score (nSPS) is 16.5. The number of hydrogen-bond acceptors (Lipinski definition) is 4. The van der Waals surface area contributed by atoms with Crippen molar-refractivity contribution < 1.29 is 13.2 Å². The second kappa shape index (κ2) is 8.52. The highest BCUT2D eigenvalue weighted by Crippen LogP contribution is 2.30. The lowest BCUT2D eigenvalue weighted by Crippen LogP contribution is -2.49. The summed E-state index contributed by atoms with van der Waals surface area (Å²) in [5, 5.41) is 0. The van der Waals surface area contributed by atoms with Crippen molar-refractivity contribution in [2.75, 3.05) is 39.8 Å². The summed E-state index contributed by atoms with van der Waals surface area (Å²) in [6.07, 6.45) is 0.979. The highest BCUT2D eigenvalue weighted by atomic mass is 79.9. The molecule has 0 unspecified atom stereocenters. The number of piperazine rings is 1. The van der Waals surface area contributed by atoms with Crippen LogP contribution in [-0.4, -0.2) is 57.5 Å². The maximum absolute atomic E-state index is 13.0. The molecule has 1 saturated heterocycles. The third-order valence-electron chi connectivity index (χ3n) is 4.63. The number of sulfonamides is 1. The molecule has 0 saturated carbocycles. The van der Waals surface area contributed by atoms with Crippen molar-refractivity contribution in [2.24, 2.45) is 0 Å². The van der Waals surface area contributed by atoms with Gasteiger partial charge in [-0.25, -0.2) is 8.42 Å². The number of rotatable bonds is 6. The minimum atomic E-state index is -3.57. The fourth-order valence-electron chi connectivity index (χ4n) is 3.12. The highest BCUT2D eigenvalue weighted by Gasteiger charge is 2.30. The van der Waals surface area contributed by atoms with Gasteiger partial charge in [0.2, 0.25) is 10.0 Å². The summed E-state index contributed by atoms with van der Waals surface area (Å²) in [5.74, 6) is 0.375. The van der Waals surface area contributed by atoms with Crippen molar-refractivity contribution in [3.63, 3.8) is 0 Å². The first-order valence-corrected chi connectivity index (χ1v) is 10.8. The molecule has 1 aliphatic heterocycles. The van der Waals surface area contributed by atoms with Gasteiger partial charge in [-0.15, -0.1) is 0 Å². The predicted molar refractivity (Wildman–Crippen MR) is 106 cm³/mol. The number of hydrogen-bond donors (Lipinski definition) is 0. The maximum atomic E-state index is 13.0. The summed E-state index contributed by atoms with van der Waals surface area (Å²) < 4.78 is 33.5. The molecular formula is C19H23BrN2O3S. The van der Waals surface area contributed by atoms with Crippen molar-refractivity contribution in [3.8, 4) is 5.75 Å². The number of methoxy groups -OCH3 is 1. The van der Waals surface area contributed by atoms with E-state index < -0.39 is 10.0 Å². The quantitative estimate of drug-likeness (QED) is 0.695. The van der Waals surface area contributed by atoms with Gasteiger partial charge in [0.05, 0.1) is 7.11 Å². The molecule has 0 radical (unpaired) electrons. The van der Waals surface area contributed by atoms with Crippen LogP contribution in [0.25, 0.3) is 0 Å². The molecule has 1 fully saturated rings. The van der Waals surface area contributed by atoms with Crippen LogP contribution in [0.15, 0.2) is 57.9 Å². The van der Waals surface area contributed by atoms with Crippen LogP contribution in [0.3, 0.4) is 0 Å². The Kier molecular flexibility index (Phi) is 6.34. The first-order valence-electron chi connectivity index (χ1n) is 8.60. The molecule has 140 valence electrons. The summed E-state index contributed by atoms with van der Waals surface area (Å²) in [7, 11) is -2.08. The summed E-state index contributed by atoms with van der Waals surface area (Å²) in [5.41, 5.74) is 1.31. The Balaban J connectivity index is 1.63. The Labute approximate surface area is 163 Å². The molecule has 0 atom stereocenters. The third kappa shape index (κ3) is 4.46. The predicted octanol–water partition coefficient (Wildman–Crippen LogP) is 3.01. The smallest absolute Gasteiger partial charge is 0.246 e. The van der Waals surface area contributed by atoms with Crippen LogP contribution in [0.5, 0.6) is 5.75 Å². The summed E-state index contributed by atoms with van der Waals surface area (Å²) in [6.45, 7) is 3.41. The Bertz CT molecular complexity index is 835. The lowest BCUT2D eigenvalue weighted by molar-refractivity contribution is 0.190. The molecule has 1 heterocycles. The molecule has 3 rings (SSSR count). The molecule has 26 heavy (non-hydrogen) atoms. The lowest BCUT2D eigenvalue weighted by atomic mass is 10.1. The fraction of sp³-hybridized carbons (Fsp3) is 0.368. The van der Waals surface area contributed by atoms with Crippen LogP contribution < -0.4 is 4.74 Å². The zero-order valence-electron chi connectivity index (χ0n) is 14.8. The Morgan fingerprint density at radius 1 is 1.04 bits per heavy atom. The van der Waals surface area contributed by atoms with Gasteiger partial charge in [0, 0.05) is 37.2 Å². The molecule has 2 aromatic rings. The van der Waals surface area contributed by atoms with Crippen LogP contribution in [0, 0.1) is 0 Å². The molecule has 0 aliphatic carbocycles. The molecule has 2 aromatic carbocycles. The van der Waals surface area contributed by atoms with Crippen molar-refractivity contribution >= 4 is 26.0 Å². The van der Waals surface area contributed by atoms with Gasteiger partial charge in [0.25, 0.3) is 0 Å². The number of ether oxygens (including phenoxy) is 1. The largest absolute Gasteiger partial charge is 0.495 e. The first-order chi connectivity index (χ1) is 12.5. The van der Waals surface area contributed by atoms with E-state index >= 15 is 0 Å². The van der Waals surface area contributed by atoms with Crippen molar-refractivity contribution in [1.82, 2.24) is 9.21 Å². The second-order valence-electron chi connectivity index (χ2n) is 6.28. The number of halogens is 1. The zero-order chi connectivity index (χ0) is 18.6.